The van der Waals surface area contributed by atoms with Crippen LogP contribution < -0.4 is 16.6 Å². The van der Waals surface area contributed by atoms with Crippen LogP contribution in [-0.4, -0.2) is 30.7 Å². The van der Waals surface area contributed by atoms with E-state index in [1.54, 1.807) is 24.3 Å². The number of fused-ring (bicyclic) bond motifs is 3. The van der Waals surface area contributed by atoms with Crippen LogP contribution in [0.4, 0.5) is 0 Å². The van der Waals surface area contributed by atoms with Gasteiger partial charge >= 0.3 is 5.69 Å². The Bertz CT molecular complexity index is 1790. The molecule has 2 aromatic heterocycles. The number of hydrogen-bond donors (Lipinski definition) is 1. The SMILES string of the molecule is C=Cc1ccc(Cn2nc3n(Cc4ccc(C)cc4)c(=O)c4ccc(C(=O)NC(C)C)cc4n3c2=O)cc1. The number of carbonyl (C=O) groups excluding carboxylic acids is 1. The van der Waals surface area contributed by atoms with Crippen LogP contribution in [0.5, 0.6) is 0 Å². The van der Waals surface area contributed by atoms with Crippen molar-refractivity contribution in [2.75, 3.05) is 0 Å². The molecule has 192 valence electrons. The first-order valence-corrected chi connectivity index (χ1v) is 12.5. The largest absolute Gasteiger partial charge is 0.352 e. The summed E-state index contributed by atoms with van der Waals surface area (Å²) in [5.74, 6) is -0.0566. The second kappa shape index (κ2) is 9.97. The van der Waals surface area contributed by atoms with E-state index in [0.29, 0.717) is 16.5 Å². The third-order valence-corrected chi connectivity index (χ3v) is 6.47. The minimum absolute atomic E-state index is 0.0568. The molecule has 8 nitrogen and oxygen atoms in total. The van der Waals surface area contributed by atoms with Crippen LogP contribution in [0, 0.1) is 6.92 Å². The van der Waals surface area contributed by atoms with Gasteiger partial charge in [0.1, 0.15) is 0 Å². The van der Waals surface area contributed by atoms with Gasteiger partial charge in [-0.15, -0.1) is 5.10 Å². The van der Waals surface area contributed by atoms with Crippen LogP contribution >= 0.6 is 0 Å². The summed E-state index contributed by atoms with van der Waals surface area (Å²) in [4.78, 5) is 40.2. The summed E-state index contributed by atoms with van der Waals surface area (Å²) in [6, 6.07) is 20.3. The molecule has 0 fully saturated rings. The fourth-order valence-electron chi connectivity index (χ4n) is 4.46. The van der Waals surface area contributed by atoms with Gasteiger partial charge in [-0.1, -0.05) is 66.7 Å². The van der Waals surface area contributed by atoms with Crippen LogP contribution in [0.15, 0.2) is 82.9 Å². The molecular weight excluding hydrogens is 478 g/mol. The molecule has 0 spiro atoms. The van der Waals surface area contributed by atoms with Crippen molar-refractivity contribution in [3.8, 4) is 0 Å². The van der Waals surface area contributed by atoms with Gasteiger partial charge in [-0.3, -0.25) is 14.2 Å². The molecule has 0 radical (unpaired) electrons. The van der Waals surface area contributed by atoms with Gasteiger partial charge in [-0.05, 0) is 55.7 Å². The van der Waals surface area contributed by atoms with E-state index in [1.807, 2.05) is 69.3 Å². The van der Waals surface area contributed by atoms with Crippen molar-refractivity contribution < 1.29 is 4.79 Å². The molecule has 0 bridgehead atoms. The molecule has 38 heavy (non-hydrogen) atoms. The monoisotopic (exact) mass is 507 g/mol. The maximum atomic E-state index is 13.7. The smallest absolute Gasteiger partial charge is 0.350 e. The van der Waals surface area contributed by atoms with Crippen molar-refractivity contribution >= 4 is 28.7 Å². The molecule has 0 atom stereocenters. The van der Waals surface area contributed by atoms with Gasteiger partial charge in [0.25, 0.3) is 11.5 Å². The van der Waals surface area contributed by atoms with Crippen LogP contribution in [0.25, 0.3) is 22.8 Å². The molecule has 1 N–H and O–H groups in total. The van der Waals surface area contributed by atoms with Crippen molar-refractivity contribution in [2.24, 2.45) is 0 Å². The summed E-state index contributed by atoms with van der Waals surface area (Å²) in [7, 11) is 0. The molecule has 5 aromatic rings. The Hall–Kier alpha value is -4.72. The number of aryl methyl sites for hydroxylation is 1. The van der Waals surface area contributed by atoms with Gasteiger partial charge in [0, 0.05) is 11.6 Å². The molecule has 3 aromatic carbocycles. The highest BCUT2D eigenvalue weighted by molar-refractivity contribution is 5.98. The van der Waals surface area contributed by atoms with Crippen molar-refractivity contribution in [1.82, 2.24) is 24.1 Å². The number of rotatable bonds is 7. The Labute approximate surface area is 219 Å². The Morgan fingerprint density at radius 3 is 2.29 bits per heavy atom. The molecule has 1 amide bonds. The summed E-state index contributed by atoms with van der Waals surface area (Å²) in [5.41, 5.74) is 3.92. The Kier molecular flexibility index (Phi) is 6.55. The Morgan fingerprint density at radius 2 is 1.63 bits per heavy atom. The lowest BCUT2D eigenvalue weighted by molar-refractivity contribution is 0.0943. The zero-order valence-electron chi connectivity index (χ0n) is 21.6. The lowest BCUT2D eigenvalue weighted by atomic mass is 10.1. The van der Waals surface area contributed by atoms with Gasteiger partial charge in [0.15, 0.2) is 0 Å². The van der Waals surface area contributed by atoms with Crippen LogP contribution in [-0.2, 0) is 13.1 Å². The molecule has 0 aliphatic carbocycles. The van der Waals surface area contributed by atoms with E-state index in [0.717, 1.165) is 22.3 Å². The van der Waals surface area contributed by atoms with E-state index in [-0.39, 0.29) is 36.4 Å². The topological polar surface area (TPSA) is 90.4 Å². The first kappa shape index (κ1) is 25.0. The maximum absolute atomic E-state index is 13.7. The van der Waals surface area contributed by atoms with E-state index in [1.165, 1.54) is 13.6 Å². The third-order valence-electron chi connectivity index (χ3n) is 6.47. The molecule has 0 aliphatic heterocycles. The molecule has 0 aliphatic rings. The second-order valence-corrected chi connectivity index (χ2v) is 9.76. The first-order chi connectivity index (χ1) is 18.2. The maximum Gasteiger partial charge on any atom is 0.352 e. The highest BCUT2D eigenvalue weighted by Crippen LogP contribution is 2.16. The predicted octanol–water partition coefficient (Wildman–Crippen LogP) is 4.00. The number of aromatic nitrogens is 4. The number of nitrogens with zero attached hydrogens (tertiary/aromatic N) is 4. The zero-order valence-corrected chi connectivity index (χ0v) is 21.6. The summed E-state index contributed by atoms with van der Waals surface area (Å²) < 4.78 is 4.29. The first-order valence-electron chi connectivity index (χ1n) is 12.5. The van der Waals surface area contributed by atoms with Crippen LogP contribution in [0.2, 0.25) is 0 Å². The molecule has 5 rings (SSSR count). The highest BCUT2D eigenvalue weighted by atomic mass is 16.2. The fourth-order valence-corrected chi connectivity index (χ4v) is 4.46. The van der Waals surface area contributed by atoms with E-state index < -0.39 is 5.69 Å². The summed E-state index contributed by atoms with van der Waals surface area (Å²) in [6.45, 7) is 10.00. The summed E-state index contributed by atoms with van der Waals surface area (Å²) >= 11 is 0. The Balaban J connectivity index is 1.73. The average Bonchev–Trinajstić information content (AvgIpc) is 3.23. The molecule has 8 heteroatoms. The van der Waals surface area contributed by atoms with Crippen LogP contribution in [0.3, 0.4) is 0 Å². The average molecular weight is 508 g/mol. The second-order valence-electron chi connectivity index (χ2n) is 9.76. The quantitative estimate of drug-likeness (QED) is 0.361. The highest BCUT2D eigenvalue weighted by Gasteiger charge is 2.19. The number of amides is 1. The number of carbonyl (C=O) groups is 1. The molecule has 0 saturated carbocycles. The van der Waals surface area contributed by atoms with Gasteiger partial charge in [0.05, 0.1) is 24.0 Å². The third kappa shape index (κ3) is 4.68. The number of hydrogen-bond acceptors (Lipinski definition) is 4. The Morgan fingerprint density at radius 1 is 0.974 bits per heavy atom. The fraction of sp³-hybridized carbons (Fsp3) is 0.200. The molecule has 2 heterocycles. The minimum atomic E-state index is -0.392. The normalized spacial score (nSPS) is 11.4. The summed E-state index contributed by atoms with van der Waals surface area (Å²) in [6.07, 6.45) is 1.75. The van der Waals surface area contributed by atoms with E-state index in [4.69, 9.17) is 0 Å². The lowest BCUT2D eigenvalue weighted by Gasteiger charge is -2.12. The van der Waals surface area contributed by atoms with E-state index in [9.17, 15) is 14.4 Å². The van der Waals surface area contributed by atoms with Gasteiger partial charge in [0.2, 0.25) is 5.78 Å². The van der Waals surface area contributed by atoms with Crippen molar-refractivity contribution in [2.45, 2.75) is 39.9 Å². The van der Waals surface area contributed by atoms with Crippen molar-refractivity contribution in [1.29, 1.82) is 0 Å². The standard InChI is InChI=1S/C30H29N5O3/c1-5-21-10-12-23(13-11-21)18-34-30(38)35-26-16-24(27(36)31-19(2)3)14-15-25(26)28(37)33(29(35)32-34)17-22-8-6-20(4)7-9-22/h5-16,19H,1,17-18H2,2-4H3,(H,31,36). The van der Waals surface area contributed by atoms with Crippen LogP contribution in [0.1, 0.15) is 46.5 Å². The number of benzene rings is 3. The zero-order chi connectivity index (χ0) is 27.0. The van der Waals surface area contributed by atoms with E-state index in [2.05, 4.69) is 17.0 Å². The van der Waals surface area contributed by atoms with Gasteiger partial charge in [-0.25, -0.2) is 13.9 Å². The predicted molar refractivity (Wildman–Crippen MR) is 150 cm³/mol. The van der Waals surface area contributed by atoms with Gasteiger partial charge in [-0.2, -0.15) is 0 Å². The molecule has 0 saturated heterocycles. The lowest BCUT2D eigenvalue weighted by Crippen LogP contribution is -2.30. The van der Waals surface area contributed by atoms with Crippen molar-refractivity contribution in [3.05, 3.63) is 122 Å². The van der Waals surface area contributed by atoms with Gasteiger partial charge < -0.3 is 5.32 Å². The van der Waals surface area contributed by atoms with Crippen molar-refractivity contribution in [3.63, 3.8) is 0 Å². The molecular formula is C30H29N5O3. The molecule has 0 unspecified atom stereocenters. The minimum Gasteiger partial charge on any atom is -0.350 e. The number of nitrogens with one attached hydrogen (secondary N) is 1. The summed E-state index contributed by atoms with van der Waals surface area (Å²) in [5, 5.41) is 7.80. The van der Waals surface area contributed by atoms with E-state index >= 15 is 0 Å².